The van der Waals surface area contributed by atoms with Gasteiger partial charge in [-0.25, -0.2) is 8.42 Å². The van der Waals surface area contributed by atoms with Crippen LogP contribution in [0.25, 0.3) is 0 Å². The fourth-order valence-corrected chi connectivity index (χ4v) is 6.00. The zero-order valence-electron chi connectivity index (χ0n) is 21.5. The summed E-state index contributed by atoms with van der Waals surface area (Å²) in [6.45, 7) is 3.45. The van der Waals surface area contributed by atoms with Gasteiger partial charge < -0.3 is 10.2 Å². The molecule has 2 amide bonds. The molecule has 0 spiro atoms. The molecule has 0 saturated heterocycles. The second-order valence-electron chi connectivity index (χ2n) is 9.58. The van der Waals surface area contributed by atoms with Gasteiger partial charge in [-0.15, -0.1) is 0 Å². The van der Waals surface area contributed by atoms with Crippen LogP contribution >= 0.6 is 23.2 Å². The molecule has 0 radical (unpaired) electrons. The lowest BCUT2D eigenvalue weighted by Crippen LogP contribution is -2.54. The molecule has 2 aromatic rings. The molecule has 1 saturated carbocycles. The number of amides is 2. The van der Waals surface area contributed by atoms with Gasteiger partial charge in [0.05, 0.1) is 17.0 Å². The highest BCUT2D eigenvalue weighted by atomic mass is 35.5. The highest BCUT2D eigenvalue weighted by Crippen LogP contribution is 2.31. The second kappa shape index (κ2) is 13.0. The Morgan fingerprint density at radius 2 is 1.76 bits per heavy atom. The number of carbonyl (C=O) groups is 2. The molecule has 0 aromatic heterocycles. The van der Waals surface area contributed by atoms with E-state index in [0.29, 0.717) is 6.42 Å². The minimum atomic E-state index is -3.90. The predicted octanol–water partition coefficient (Wildman–Crippen LogP) is 5.32. The van der Waals surface area contributed by atoms with E-state index in [1.807, 2.05) is 38.1 Å². The Hall–Kier alpha value is -2.29. The Bertz CT molecular complexity index is 1220. The van der Waals surface area contributed by atoms with Gasteiger partial charge in [-0.2, -0.15) is 0 Å². The Labute approximate surface area is 230 Å². The number of aryl methyl sites for hydroxylation is 1. The van der Waals surface area contributed by atoms with E-state index in [1.54, 1.807) is 6.07 Å². The summed E-state index contributed by atoms with van der Waals surface area (Å²) in [4.78, 5) is 28.8. The van der Waals surface area contributed by atoms with E-state index in [1.165, 1.54) is 17.0 Å². The molecule has 0 heterocycles. The minimum Gasteiger partial charge on any atom is -0.352 e. The molecular formula is C27H35Cl2N3O4S. The average Bonchev–Trinajstić information content (AvgIpc) is 2.85. The van der Waals surface area contributed by atoms with Crippen LogP contribution in [0.15, 0.2) is 42.5 Å². The number of nitrogens with zero attached hydrogens (tertiary/aromatic N) is 2. The lowest BCUT2D eigenvalue weighted by Gasteiger charge is -2.34. The molecule has 7 nitrogen and oxygen atoms in total. The van der Waals surface area contributed by atoms with Crippen molar-refractivity contribution in [3.63, 3.8) is 0 Å². The van der Waals surface area contributed by atoms with Crippen LogP contribution in [0.5, 0.6) is 0 Å². The molecule has 37 heavy (non-hydrogen) atoms. The van der Waals surface area contributed by atoms with E-state index in [4.69, 9.17) is 23.2 Å². The molecule has 10 heteroatoms. The zero-order chi connectivity index (χ0) is 27.2. The predicted molar refractivity (Wildman–Crippen MR) is 149 cm³/mol. The number of rotatable bonds is 10. The first-order valence-corrected chi connectivity index (χ1v) is 15.2. The maximum Gasteiger partial charge on any atom is 0.244 e. The molecule has 202 valence electrons. The van der Waals surface area contributed by atoms with Crippen LogP contribution in [0.3, 0.4) is 0 Å². The van der Waals surface area contributed by atoms with Crippen LogP contribution in [0.1, 0.15) is 56.6 Å². The number of benzene rings is 2. The van der Waals surface area contributed by atoms with E-state index in [0.717, 1.165) is 53.8 Å². The average molecular weight is 569 g/mol. The molecule has 1 aliphatic rings. The van der Waals surface area contributed by atoms with Crippen LogP contribution < -0.4 is 9.62 Å². The molecule has 0 aliphatic heterocycles. The van der Waals surface area contributed by atoms with Crippen LogP contribution in [0, 0.1) is 6.92 Å². The SMILES string of the molecule is CCC(C(=O)NC1CCCCC1)N(Cc1ccccc1C)C(=O)CN(c1cc(Cl)ccc1Cl)S(C)(=O)=O. The minimum absolute atomic E-state index is 0.0866. The van der Waals surface area contributed by atoms with Crippen molar-refractivity contribution in [3.05, 3.63) is 63.6 Å². The molecule has 1 N–H and O–H groups in total. The summed E-state index contributed by atoms with van der Waals surface area (Å²) in [5, 5.41) is 3.57. The lowest BCUT2D eigenvalue weighted by molar-refractivity contribution is -0.140. The van der Waals surface area contributed by atoms with E-state index >= 15 is 0 Å². The Kier molecular flexibility index (Phi) is 10.3. The largest absolute Gasteiger partial charge is 0.352 e. The normalized spacial score (nSPS) is 15.2. The van der Waals surface area contributed by atoms with Crippen LogP contribution in [-0.4, -0.2) is 50.0 Å². The first-order chi connectivity index (χ1) is 17.5. The highest BCUT2D eigenvalue weighted by Gasteiger charge is 2.33. The highest BCUT2D eigenvalue weighted by molar-refractivity contribution is 7.92. The first-order valence-electron chi connectivity index (χ1n) is 12.6. The van der Waals surface area contributed by atoms with Gasteiger partial charge in [0.15, 0.2) is 0 Å². The zero-order valence-corrected chi connectivity index (χ0v) is 23.9. The van der Waals surface area contributed by atoms with Gasteiger partial charge in [0.1, 0.15) is 12.6 Å². The summed E-state index contributed by atoms with van der Waals surface area (Å²) in [7, 11) is -3.90. The van der Waals surface area contributed by atoms with Crippen molar-refractivity contribution < 1.29 is 18.0 Å². The van der Waals surface area contributed by atoms with Crippen LogP contribution in [0.2, 0.25) is 10.0 Å². The van der Waals surface area contributed by atoms with E-state index < -0.39 is 28.5 Å². The lowest BCUT2D eigenvalue weighted by atomic mass is 9.95. The number of hydrogen-bond acceptors (Lipinski definition) is 4. The Balaban J connectivity index is 1.95. The van der Waals surface area contributed by atoms with Crippen molar-refractivity contribution in [3.8, 4) is 0 Å². The second-order valence-corrected chi connectivity index (χ2v) is 12.3. The van der Waals surface area contributed by atoms with Gasteiger partial charge in [-0.3, -0.25) is 13.9 Å². The number of halogens is 2. The fourth-order valence-electron chi connectivity index (χ4n) is 4.71. The van der Waals surface area contributed by atoms with Crippen molar-refractivity contribution in [2.75, 3.05) is 17.1 Å². The molecule has 1 unspecified atom stereocenters. The van der Waals surface area contributed by atoms with E-state index in [-0.39, 0.29) is 34.2 Å². The molecular weight excluding hydrogens is 533 g/mol. The van der Waals surface area contributed by atoms with Crippen LogP contribution in [-0.2, 0) is 26.2 Å². The number of anilines is 1. The van der Waals surface area contributed by atoms with E-state index in [9.17, 15) is 18.0 Å². The quantitative estimate of drug-likeness (QED) is 0.420. The maximum atomic E-state index is 13.8. The van der Waals surface area contributed by atoms with E-state index in [2.05, 4.69) is 5.32 Å². The number of hydrogen-bond donors (Lipinski definition) is 1. The molecule has 1 aliphatic carbocycles. The van der Waals surface area contributed by atoms with Gasteiger partial charge in [0.25, 0.3) is 0 Å². The van der Waals surface area contributed by atoms with Gasteiger partial charge in [-0.05, 0) is 55.5 Å². The molecule has 1 fully saturated rings. The number of nitrogens with one attached hydrogen (secondary N) is 1. The summed E-state index contributed by atoms with van der Waals surface area (Å²) in [5.41, 5.74) is 1.97. The van der Waals surface area contributed by atoms with Crippen molar-refractivity contribution >= 4 is 50.7 Å². The van der Waals surface area contributed by atoms with Gasteiger partial charge in [0.2, 0.25) is 21.8 Å². The van der Waals surface area contributed by atoms with Gasteiger partial charge in [0, 0.05) is 17.6 Å². The molecule has 3 rings (SSSR count). The van der Waals surface area contributed by atoms with Gasteiger partial charge >= 0.3 is 0 Å². The smallest absolute Gasteiger partial charge is 0.244 e. The Morgan fingerprint density at radius 1 is 1.08 bits per heavy atom. The monoisotopic (exact) mass is 567 g/mol. The molecule has 1 atom stereocenters. The summed E-state index contributed by atoms with van der Waals surface area (Å²) < 4.78 is 26.5. The first kappa shape index (κ1) is 29.3. The van der Waals surface area contributed by atoms with Gasteiger partial charge in [-0.1, -0.05) is 73.7 Å². The summed E-state index contributed by atoms with van der Waals surface area (Å²) >= 11 is 12.4. The molecule has 2 aromatic carbocycles. The van der Waals surface area contributed by atoms with Crippen molar-refractivity contribution in [2.45, 2.75) is 71.0 Å². The maximum absolute atomic E-state index is 13.8. The third-order valence-corrected chi connectivity index (χ3v) is 8.48. The fraction of sp³-hybridized carbons (Fsp3) is 0.481. The van der Waals surface area contributed by atoms with Crippen LogP contribution in [0.4, 0.5) is 5.69 Å². The molecule has 0 bridgehead atoms. The topological polar surface area (TPSA) is 86.8 Å². The van der Waals surface area contributed by atoms with Crippen molar-refractivity contribution in [2.24, 2.45) is 0 Å². The number of sulfonamides is 1. The van der Waals surface area contributed by atoms with Crippen molar-refractivity contribution in [1.29, 1.82) is 0 Å². The number of carbonyl (C=O) groups excluding carboxylic acids is 2. The third kappa shape index (κ3) is 7.85. The summed E-state index contributed by atoms with van der Waals surface area (Å²) in [6.07, 6.45) is 6.53. The summed E-state index contributed by atoms with van der Waals surface area (Å²) in [6, 6.07) is 11.4. The van der Waals surface area contributed by atoms with Crippen molar-refractivity contribution in [1.82, 2.24) is 10.2 Å². The summed E-state index contributed by atoms with van der Waals surface area (Å²) in [5.74, 6) is -0.724. The standard InChI is InChI=1S/C27H35Cl2N3O4S/c1-4-24(27(34)30-22-12-6-5-7-13-22)31(17-20-11-9-8-10-19(20)2)26(33)18-32(37(3,35)36)25-16-21(28)14-15-23(25)29/h8-11,14-16,22,24H,4-7,12-13,17-18H2,1-3H3,(H,30,34). The Morgan fingerprint density at radius 3 is 2.38 bits per heavy atom. The third-order valence-electron chi connectivity index (χ3n) is 6.80.